The quantitative estimate of drug-likeness (QED) is 0.652. The second kappa shape index (κ2) is 30.2. The Labute approximate surface area is 118 Å². The molecule has 0 aromatic heterocycles. The van der Waals surface area contributed by atoms with E-state index in [1.165, 1.54) is 13.8 Å². The molecule has 0 fully saturated rings. The highest BCUT2D eigenvalue weighted by Crippen LogP contribution is 1.69. The smallest absolute Gasteiger partial charge is 0.216 e. The van der Waals surface area contributed by atoms with Gasteiger partial charge < -0.3 is 21.1 Å². The number of hydrogen-bond acceptors (Lipinski definition) is 4. The van der Waals surface area contributed by atoms with Crippen LogP contribution in [0.1, 0.15) is 41.5 Å². The van der Waals surface area contributed by atoms with Crippen molar-refractivity contribution in [1.29, 1.82) is 0 Å². The highest BCUT2D eigenvalue weighted by atomic mass is 16.5. The Hall–Kier alpha value is -1.14. The van der Waals surface area contributed by atoms with Gasteiger partial charge in [-0.1, -0.05) is 27.7 Å². The maximum absolute atomic E-state index is 10.3. The lowest BCUT2D eigenvalue weighted by atomic mass is 10.6. The van der Waals surface area contributed by atoms with E-state index in [1.807, 2.05) is 27.7 Å². The van der Waals surface area contributed by atoms with Crippen LogP contribution in [-0.2, 0) is 14.3 Å². The second-order valence-electron chi connectivity index (χ2n) is 2.69. The van der Waals surface area contributed by atoms with Gasteiger partial charge in [0.2, 0.25) is 11.8 Å². The minimum absolute atomic E-state index is 0.00463. The van der Waals surface area contributed by atoms with Crippen molar-refractivity contribution in [3.8, 4) is 0 Å². The van der Waals surface area contributed by atoms with Gasteiger partial charge in [0.1, 0.15) is 0 Å². The van der Waals surface area contributed by atoms with Crippen molar-refractivity contribution in [1.82, 2.24) is 10.6 Å². The fraction of sp³-hybridized carbons (Fsp3) is 0.846. The zero-order valence-electron chi connectivity index (χ0n) is 13.6. The van der Waals surface area contributed by atoms with E-state index in [1.54, 1.807) is 7.05 Å². The Kier molecular flexibility index (Phi) is 41.9. The first-order chi connectivity index (χ1) is 9.04. The van der Waals surface area contributed by atoms with Crippen LogP contribution in [0.5, 0.6) is 0 Å². The van der Waals surface area contributed by atoms with Crippen LogP contribution in [0, 0.1) is 0 Å². The molecule has 0 aliphatic heterocycles. The molecule has 0 rings (SSSR count). The van der Waals surface area contributed by atoms with Gasteiger partial charge in [-0.3, -0.25) is 9.59 Å². The molecule has 0 saturated carbocycles. The fourth-order valence-corrected chi connectivity index (χ4v) is 0.485. The summed E-state index contributed by atoms with van der Waals surface area (Å²) in [7, 11) is 1.60. The zero-order valence-corrected chi connectivity index (χ0v) is 13.6. The van der Waals surface area contributed by atoms with E-state index in [2.05, 4.69) is 10.6 Å². The number of hydrogen-bond donors (Lipinski definition) is 3. The molecule has 0 aromatic carbocycles. The van der Waals surface area contributed by atoms with Crippen LogP contribution >= 0.6 is 0 Å². The summed E-state index contributed by atoms with van der Waals surface area (Å²) in [5, 5.41) is 4.99. The lowest BCUT2D eigenvalue weighted by molar-refractivity contribution is -0.119. The summed E-state index contributed by atoms with van der Waals surface area (Å²) in [5.74, 6) is -0.0265. The van der Waals surface area contributed by atoms with E-state index >= 15 is 0 Å². The highest BCUT2D eigenvalue weighted by Gasteiger charge is 1.88. The monoisotopic (exact) mass is 279 g/mol. The summed E-state index contributed by atoms with van der Waals surface area (Å²) in [4.78, 5) is 20.0. The zero-order chi connectivity index (χ0) is 16.1. The van der Waals surface area contributed by atoms with Gasteiger partial charge in [-0.15, -0.1) is 0 Å². The van der Waals surface area contributed by atoms with E-state index < -0.39 is 0 Å². The van der Waals surface area contributed by atoms with Crippen LogP contribution < -0.4 is 16.4 Å². The van der Waals surface area contributed by atoms with Crippen molar-refractivity contribution in [3.63, 3.8) is 0 Å². The fourth-order valence-electron chi connectivity index (χ4n) is 0.485. The van der Waals surface area contributed by atoms with E-state index in [-0.39, 0.29) is 11.8 Å². The molecule has 0 atom stereocenters. The van der Waals surface area contributed by atoms with Gasteiger partial charge in [-0.05, 0) is 0 Å². The molecular formula is C13H33N3O3. The molecule has 0 saturated heterocycles. The largest absolute Gasteiger partial charge is 0.378 e. The van der Waals surface area contributed by atoms with Crippen molar-refractivity contribution >= 4 is 11.8 Å². The number of rotatable bonds is 5. The third kappa shape index (κ3) is 60.3. The molecule has 19 heavy (non-hydrogen) atoms. The third-order valence-electron chi connectivity index (χ3n) is 1.23. The predicted molar refractivity (Wildman–Crippen MR) is 81.0 cm³/mol. The lowest BCUT2D eigenvalue weighted by Crippen LogP contribution is -2.25. The first-order valence-corrected chi connectivity index (χ1v) is 6.75. The molecule has 0 aliphatic rings. The predicted octanol–water partition coefficient (Wildman–Crippen LogP) is 0.903. The Balaban J connectivity index is -0.000000105. The van der Waals surface area contributed by atoms with Crippen molar-refractivity contribution in [2.24, 2.45) is 5.73 Å². The number of amides is 2. The van der Waals surface area contributed by atoms with Crippen LogP contribution in [0.25, 0.3) is 0 Å². The van der Waals surface area contributed by atoms with Crippen molar-refractivity contribution in [2.75, 3.05) is 33.4 Å². The maximum Gasteiger partial charge on any atom is 0.216 e. The summed E-state index contributed by atoms with van der Waals surface area (Å²) in [6.07, 6.45) is 0. The van der Waals surface area contributed by atoms with Gasteiger partial charge in [-0.2, -0.15) is 0 Å². The van der Waals surface area contributed by atoms with E-state index in [0.717, 1.165) is 0 Å². The molecule has 0 radical (unpaired) electrons. The number of nitrogens with one attached hydrogen (secondary N) is 2. The molecular weight excluding hydrogens is 246 g/mol. The van der Waals surface area contributed by atoms with E-state index in [0.29, 0.717) is 26.3 Å². The summed E-state index contributed by atoms with van der Waals surface area (Å²) in [6.45, 7) is 13.1. The molecule has 118 valence electrons. The first-order valence-electron chi connectivity index (χ1n) is 6.75. The SMILES string of the molecule is CC.CC.CC(=O)NCCOCCN.CNC(C)=O. The van der Waals surface area contributed by atoms with Crippen molar-refractivity contribution in [2.45, 2.75) is 41.5 Å². The van der Waals surface area contributed by atoms with Gasteiger partial charge >= 0.3 is 0 Å². The molecule has 6 heteroatoms. The Morgan fingerprint density at radius 2 is 1.42 bits per heavy atom. The number of carbonyl (C=O) groups excluding carboxylic acids is 2. The molecule has 0 aliphatic carbocycles. The van der Waals surface area contributed by atoms with Gasteiger partial charge in [0.25, 0.3) is 0 Å². The average Bonchev–Trinajstić information content (AvgIpc) is 2.43. The number of ether oxygens (including phenoxy) is 1. The molecule has 2 amide bonds. The van der Waals surface area contributed by atoms with Crippen molar-refractivity contribution < 1.29 is 14.3 Å². The first kappa shape index (κ1) is 26.4. The van der Waals surface area contributed by atoms with Gasteiger partial charge in [0.05, 0.1) is 13.2 Å². The van der Waals surface area contributed by atoms with Crippen LogP contribution in [0.15, 0.2) is 0 Å². The summed E-state index contributed by atoms with van der Waals surface area (Å²) in [6, 6.07) is 0. The topological polar surface area (TPSA) is 93.4 Å². The van der Waals surface area contributed by atoms with Crippen LogP contribution in [0.4, 0.5) is 0 Å². The third-order valence-corrected chi connectivity index (χ3v) is 1.23. The summed E-state index contributed by atoms with van der Waals surface area (Å²) in [5.41, 5.74) is 5.16. The molecule has 6 nitrogen and oxygen atoms in total. The minimum Gasteiger partial charge on any atom is -0.378 e. The Morgan fingerprint density at radius 3 is 1.68 bits per heavy atom. The van der Waals surface area contributed by atoms with Crippen LogP contribution in [0.3, 0.4) is 0 Å². The van der Waals surface area contributed by atoms with Gasteiger partial charge in [-0.25, -0.2) is 0 Å². The highest BCUT2D eigenvalue weighted by molar-refractivity contribution is 5.72. The second-order valence-corrected chi connectivity index (χ2v) is 2.69. The van der Waals surface area contributed by atoms with Crippen LogP contribution in [0.2, 0.25) is 0 Å². The standard InChI is InChI=1S/C6H14N2O2.C3H7NO.2C2H6/c1-6(9)8-3-5-10-4-2-7;1-3(5)4-2;2*1-2/h2-5,7H2,1H3,(H,8,9);1-2H3,(H,4,5);2*1-2H3. The average molecular weight is 279 g/mol. The number of carbonyl (C=O) groups is 2. The molecule has 0 spiro atoms. The maximum atomic E-state index is 10.3. The minimum atomic E-state index is -0.0312. The summed E-state index contributed by atoms with van der Waals surface area (Å²) >= 11 is 0. The number of nitrogens with two attached hydrogens (primary N) is 1. The van der Waals surface area contributed by atoms with Gasteiger partial charge in [0.15, 0.2) is 0 Å². The molecule has 0 unspecified atom stereocenters. The molecule has 4 N–H and O–H groups in total. The normalized spacial score (nSPS) is 7.37. The van der Waals surface area contributed by atoms with Crippen molar-refractivity contribution in [3.05, 3.63) is 0 Å². The summed E-state index contributed by atoms with van der Waals surface area (Å²) < 4.78 is 4.99. The Morgan fingerprint density at radius 1 is 1.00 bits per heavy atom. The molecule has 0 heterocycles. The van der Waals surface area contributed by atoms with Gasteiger partial charge in [0, 0.05) is 34.0 Å². The Bertz CT molecular complexity index is 177. The lowest BCUT2D eigenvalue weighted by Gasteiger charge is -2.01. The molecule has 0 aromatic rings. The van der Waals surface area contributed by atoms with Crippen LogP contribution in [-0.4, -0.2) is 45.2 Å². The molecule has 0 bridgehead atoms. The van der Waals surface area contributed by atoms with E-state index in [9.17, 15) is 9.59 Å². The van der Waals surface area contributed by atoms with E-state index in [4.69, 9.17) is 10.5 Å².